The molecule has 1 unspecified atom stereocenters. The van der Waals surface area contributed by atoms with Crippen LogP contribution in [-0.4, -0.2) is 11.3 Å². The largest absolute Gasteiger partial charge is 0.378 e. The van der Waals surface area contributed by atoms with E-state index in [-0.39, 0.29) is 5.82 Å². The molecule has 0 amide bonds. The Morgan fingerprint density at radius 2 is 1.91 bits per heavy atom. The van der Waals surface area contributed by atoms with E-state index < -0.39 is 6.23 Å². The molecule has 3 N–H and O–H groups in total. The maximum Gasteiger partial charge on any atom is 0.123 e. The quantitative estimate of drug-likeness (QED) is 0.616. The average Bonchev–Trinajstić information content (AvgIpc) is 1.93. The van der Waals surface area contributed by atoms with Crippen LogP contribution in [0.2, 0.25) is 0 Å². The molecule has 60 valence electrons. The molecule has 1 rings (SSSR count). The summed E-state index contributed by atoms with van der Waals surface area (Å²) in [4.78, 5) is 0. The fourth-order valence-electron chi connectivity index (χ4n) is 0.862. The minimum atomic E-state index is -0.861. The molecular formula is C8H10FNO. The standard InChI is InChI=1S/C8H10FNO/c9-7-3-1-6(2-4-7)5-8(10)11/h1-4,8,11H,5,10H2. The molecule has 0 heterocycles. The molecular weight excluding hydrogens is 145 g/mol. The lowest BCUT2D eigenvalue weighted by molar-refractivity contribution is 0.183. The van der Waals surface area contributed by atoms with E-state index in [2.05, 4.69) is 0 Å². The van der Waals surface area contributed by atoms with Crippen molar-refractivity contribution in [2.24, 2.45) is 5.73 Å². The van der Waals surface area contributed by atoms with Gasteiger partial charge < -0.3 is 10.8 Å². The van der Waals surface area contributed by atoms with E-state index in [9.17, 15) is 4.39 Å². The van der Waals surface area contributed by atoms with E-state index in [1.165, 1.54) is 12.1 Å². The first kappa shape index (κ1) is 8.17. The van der Waals surface area contributed by atoms with Crippen molar-refractivity contribution in [2.75, 3.05) is 0 Å². The maximum absolute atomic E-state index is 12.3. The second-order valence-corrected chi connectivity index (χ2v) is 2.40. The molecule has 0 radical (unpaired) electrons. The number of rotatable bonds is 2. The van der Waals surface area contributed by atoms with Gasteiger partial charge in [0.15, 0.2) is 0 Å². The normalized spacial score (nSPS) is 13.0. The topological polar surface area (TPSA) is 46.2 Å². The fraction of sp³-hybridized carbons (Fsp3) is 0.250. The number of aliphatic hydroxyl groups is 1. The molecule has 0 spiro atoms. The van der Waals surface area contributed by atoms with Crippen molar-refractivity contribution in [1.82, 2.24) is 0 Å². The SMILES string of the molecule is NC(O)Cc1ccc(F)cc1. The van der Waals surface area contributed by atoms with Gasteiger partial charge in [0.1, 0.15) is 12.0 Å². The van der Waals surface area contributed by atoms with Gasteiger partial charge >= 0.3 is 0 Å². The summed E-state index contributed by atoms with van der Waals surface area (Å²) in [5.41, 5.74) is 5.96. The summed E-state index contributed by atoms with van der Waals surface area (Å²) in [5.74, 6) is -0.278. The van der Waals surface area contributed by atoms with Gasteiger partial charge in [0.25, 0.3) is 0 Å². The van der Waals surface area contributed by atoms with Crippen LogP contribution in [-0.2, 0) is 6.42 Å². The number of hydrogen-bond donors (Lipinski definition) is 2. The third-order valence-corrected chi connectivity index (χ3v) is 1.36. The summed E-state index contributed by atoms with van der Waals surface area (Å²) in [6.07, 6.45) is -0.499. The lowest BCUT2D eigenvalue weighted by Gasteiger charge is -2.02. The highest BCUT2D eigenvalue weighted by Crippen LogP contribution is 2.03. The predicted octanol–water partition coefficient (Wildman–Crippen LogP) is 0.645. The van der Waals surface area contributed by atoms with Crippen molar-refractivity contribution in [3.8, 4) is 0 Å². The number of nitrogens with two attached hydrogens (primary N) is 1. The van der Waals surface area contributed by atoms with Crippen LogP contribution in [0.15, 0.2) is 24.3 Å². The van der Waals surface area contributed by atoms with E-state index in [4.69, 9.17) is 10.8 Å². The third kappa shape index (κ3) is 2.65. The van der Waals surface area contributed by atoms with E-state index in [0.29, 0.717) is 6.42 Å². The number of hydrogen-bond acceptors (Lipinski definition) is 2. The molecule has 0 aromatic heterocycles. The first-order valence-corrected chi connectivity index (χ1v) is 3.36. The molecule has 2 nitrogen and oxygen atoms in total. The molecule has 1 aromatic rings. The Morgan fingerprint density at radius 3 is 2.36 bits per heavy atom. The summed E-state index contributed by atoms with van der Waals surface area (Å²) >= 11 is 0. The highest BCUT2D eigenvalue weighted by atomic mass is 19.1. The molecule has 0 saturated carbocycles. The minimum absolute atomic E-state index is 0.278. The monoisotopic (exact) mass is 155 g/mol. The van der Waals surface area contributed by atoms with Gasteiger partial charge in [-0.1, -0.05) is 12.1 Å². The number of aliphatic hydroxyl groups excluding tert-OH is 1. The summed E-state index contributed by atoms with van der Waals surface area (Å²) in [7, 11) is 0. The summed E-state index contributed by atoms with van der Waals surface area (Å²) < 4.78 is 12.3. The van der Waals surface area contributed by atoms with E-state index in [1.54, 1.807) is 12.1 Å². The third-order valence-electron chi connectivity index (χ3n) is 1.36. The highest BCUT2D eigenvalue weighted by molar-refractivity contribution is 5.16. The zero-order chi connectivity index (χ0) is 8.27. The summed E-state index contributed by atoms with van der Waals surface area (Å²) in [6.45, 7) is 0. The zero-order valence-corrected chi connectivity index (χ0v) is 6.00. The Labute approximate surface area is 64.5 Å². The smallest absolute Gasteiger partial charge is 0.123 e. The van der Waals surface area contributed by atoms with Gasteiger partial charge in [-0.3, -0.25) is 0 Å². The molecule has 0 saturated heterocycles. The van der Waals surface area contributed by atoms with Crippen LogP contribution < -0.4 is 5.73 Å². The van der Waals surface area contributed by atoms with E-state index >= 15 is 0 Å². The first-order valence-electron chi connectivity index (χ1n) is 3.36. The highest BCUT2D eigenvalue weighted by Gasteiger charge is 1.98. The van der Waals surface area contributed by atoms with Crippen molar-refractivity contribution in [1.29, 1.82) is 0 Å². The molecule has 0 fully saturated rings. The van der Waals surface area contributed by atoms with Crippen molar-refractivity contribution < 1.29 is 9.50 Å². The van der Waals surface area contributed by atoms with E-state index in [1.807, 2.05) is 0 Å². The lowest BCUT2D eigenvalue weighted by Crippen LogP contribution is -2.21. The Morgan fingerprint density at radius 1 is 1.36 bits per heavy atom. The van der Waals surface area contributed by atoms with Crippen LogP contribution in [0.4, 0.5) is 4.39 Å². The Kier molecular flexibility index (Phi) is 2.57. The first-order chi connectivity index (χ1) is 5.18. The van der Waals surface area contributed by atoms with Gasteiger partial charge in [-0.25, -0.2) is 4.39 Å². The fourth-order valence-corrected chi connectivity index (χ4v) is 0.862. The van der Waals surface area contributed by atoms with E-state index in [0.717, 1.165) is 5.56 Å². The molecule has 11 heavy (non-hydrogen) atoms. The molecule has 0 aliphatic carbocycles. The predicted molar refractivity (Wildman–Crippen MR) is 40.3 cm³/mol. The average molecular weight is 155 g/mol. The van der Waals surface area contributed by atoms with Gasteiger partial charge in [-0.15, -0.1) is 0 Å². The second-order valence-electron chi connectivity index (χ2n) is 2.40. The van der Waals surface area contributed by atoms with Crippen LogP contribution in [0, 0.1) is 5.82 Å². The van der Waals surface area contributed by atoms with Crippen LogP contribution in [0.5, 0.6) is 0 Å². The molecule has 0 bridgehead atoms. The van der Waals surface area contributed by atoms with Crippen LogP contribution in [0.1, 0.15) is 5.56 Å². The van der Waals surface area contributed by atoms with Gasteiger partial charge in [0, 0.05) is 6.42 Å². The van der Waals surface area contributed by atoms with Crippen molar-refractivity contribution >= 4 is 0 Å². The maximum atomic E-state index is 12.3. The van der Waals surface area contributed by atoms with Gasteiger partial charge in [0.2, 0.25) is 0 Å². The van der Waals surface area contributed by atoms with Crippen LogP contribution in [0.25, 0.3) is 0 Å². The summed E-state index contributed by atoms with van der Waals surface area (Å²) in [5, 5.41) is 8.76. The van der Waals surface area contributed by atoms with Gasteiger partial charge in [0.05, 0.1) is 0 Å². The number of halogens is 1. The number of benzene rings is 1. The van der Waals surface area contributed by atoms with Gasteiger partial charge in [-0.2, -0.15) is 0 Å². The van der Waals surface area contributed by atoms with Crippen molar-refractivity contribution in [3.05, 3.63) is 35.6 Å². The molecule has 0 aliphatic rings. The van der Waals surface area contributed by atoms with Crippen LogP contribution >= 0.6 is 0 Å². The van der Waals surface area contributed by atoms with Crippen molar-refractivity contribution in [2.45, 2.75) is 12.6 Å². The molecule has 1 aromatic carbocycles. The Hall–Kier alpha value is -0.930. The minimum Gasteiger partial charge on any atom is -0.378 e. The van der Waals surface area contributed by atoms with Crippen LogP contribution in [0.3, 0.4) is 0 Å². The zero-order valence-electron chi connectivity index (χ0n) is 6.00. The Balaban J connectivity index is 2.66. The molecule has 0 aliphatic heterocycles. The van der Waals surface area contributed by atoms with Gasteiger partial charge in [-0.05, 0) is 17.7 Å². The Bertz CT molecular complexity index is 220. The second kappa shape index (κ2) is 3.46. The molecule has 3 heteroatoms. The van der Waals surface area contributed by atoms with Crippen molar-refractivity contribution in [3.63, 3.8) is 0 Å². The lowest BCUT2D eigenvalue weighted by atomic mass is 10.1. The summed E-state index contributed by atoms with van der Waals surface area (Å²) in [6, 6.07) is 5.90. The molecule has 1 atom stereocenters.